The van der Waals surface area contributed by atoms with Crippen molar-refractivity contribution in [3.8, 4) is 10.6 Å². The molecule has 1 fully saturated rings. The van der Waals surface area contributed by atoms with Crippen LogP contribution in [0.2, 0.25) is 0 Å². The summed E-state index contributed by atoms with van der Waals surface area (Å²) >= 11 is 2.85. The van der Waals surface area contributed by atoms with E-state index in [0.717, 1.165) is 43.5 Å². The van der Waals surface area contributed by atoms with Gasteiger partial charge < -0.3 is 10.6 Å². The number of nitrogens with one attached hydrogen (secondary N) is 2. The molecule has 30 heavy (non-hydrogen) atoms. The Labute approximate surface area is 180 Å². The molecule has 0 aliphatic carbocycles. The summed E-state index contributed by atoms with van der Waals surface area (Å²) in [7, 11) is 0. The maximum atomic E-state index is 13.7. The third kappa shape index (κ3) is 4.02. The number of piperidine rings is 1. The van der Waals surface area contributed by atoms with Crippen LogP contribution in [0.5, 0.6) is 0 Å². The molecule has 4 rings (SSSR count). The fraction of sp³-hybridized carbons (Fsp3) is 0.526. The number of hydrogen-bond donors (Lipinski definition) is 2. The van der Waals surface area contributed by atoms with E-state index in [0.29, 0.717) is 15.3 Å². The van der Waals surface area contributed by atoms with Crippen molar-refractivity contribution in [1.29, 1.82) is 0 Å². The smallest absolute Gasteiger partial charge is 0.351 e. The van der Waals surface area contributed by atoms with Crippen molar-refractivity contribution in [2.24, 2.45) is 0 Å². The zero-order chi connectivity index (χ0) is 21.7. The standard InChI is InChI=1S/C19H22F3N5OS2/c1-18(2)15-11(16(28)26-18)8-13(30-15)14-12(19(20,21)22)9-23-17(25-14)24-10-4-6-27(29-3)7-5-10/h8-10H,4-7H2,1-3H3,(H,26,28)(H,23,24,25). The van der Waals surface area contributed by atoms with Crippen LogP contribution in [0, 0.1) is 0 Å². The second-order valence-corrected chi connectivity index (χ2v) is 9.85. The van der Waals surface area contributed by atoms with Crippen LogP contribution in [-0.4, -0.2) is 45.6 Å². The zero-order valence-electron chi connectivity index (χ0n) is 16.8. The van der Waals surface area contributed by atoms with Gasteiger partial charge in [0.15, 0.2) is 0 Å². The number of aromatic nitrogens is 2. The molecule has 0 saturated carbocycles. The third-order valence-corrected chi connectivity index (χ3v) is 7.69. The molecule has 0 atom stereocenters. The first-order valence-corrected chi connectivity index (χ1v) is 11.6. The van der Waals surface area contributed by atoms with Gasteiger partial charge in [-0.25, -0.2) is 9.97 Å². The number of rotatable bonds is 4. The third-order valence-electron chi connectivity index (χ3n) is 5.34. The highest BCUT2D eigenvalue weighted by Gasteiger charge is 2.40. The molecule has 0 aromatic carbocycles. The highest BCUT2D eigenvalue weighted by molar-refractivity contribution is 7.96. The average Bonchev–Trinajstić information content (AvgIpc) is 3.21. The number of alkyl halides is 3. The molecule has 2 aromatic rings. The normalized spacial score (nSPS) is 19.6. The first-order valence-electron chi connectivity index (χ1n) is 9.55. The van der Waals surface area contributed by atoms with Crippen molar-refractivity contribution in [2.75, 3.05) is 24.7 Å². The molecule has 2 N–H and O–H groups in total. The fourth-order valence-electron chi connectivity index (χ4n) is 3.76. The molecule has 4 heterocycles. The summed E-state index contributed by atoms with van der Waals surface area (Å²) in [5, 5.41) is 6.02. The van der Waals surface area contributed by atoms with E-state index in [1.54, 1.807) is 11.9 Å². The number of fused-ring (bicyclic) bond motifs is 1. The summed E-state index contributed by atoms with van der Waals surface area (Å²) in [6, 6.07) is 1.61. The highest BCUT2D eigenvalue weighted by Crippen LogP contribution is 2.44. The molecule has 2 aromatic heterocycles. The van der Waals surface area contributed by atoms with Gasteiger partial charge in [0.1, 0.15) is 5.56 Å². The van der Waals surface area contributed by atoms with Crippen molar-refractivity contribution in [3.63, 3.8) is 0 Å². The van der Waals surface area contributed by atoms with Crippen LogP contribution in [0.1, 0.15) is 47.5 Å². The van der Waals surface area contributed by atoms with E-state index < -0.39 is 17.3 Å². The Morgan fingerprint density at radius 2 is 2.03 bits per heavy atom. The molecule has 0 bridgehead atoms. The van der Waals surface area contributed by atoms with Gasteiger partial charge >= 0.3 is 6.18 Å². The van der Waals surface area contributed by atoms with Gasteiger partial charge in [-0.2, -0.15) is 13.2 Å². The lowest BCUT2D eigenvalue weighted by Gasteiger charge is -2.30. The second-order valence-electron chi connectivity index (χ2n) is 7.92. The van der Waals surface area contributed by atoms with Gasteiger partial charge in [0.2, 0.25) is 5.95 Å². The van der Waals surface area contributed by atoms with Gasteiger partial charge in [0.25, 0.3) is 5.91 Å². The summed E-state index contributed by atoms with van der Waals surface area (Å²) < 4.78 is 43.2. The van der Waals surface area contributed by atoms with Gasteiger partial charge in [-0.3, -0.25) is 9.10 Å². The quantitative estimate of drug-likeness (QED) is 0.665. The molecule has 11 heteroatoms. The van der Waals surface area contributed by atoms with Crippen LogP contribution in [0.3, 0.4) is 0 Å². The van der Waals surface area contributed by atoms with E-state index in [-0.39, 0.29) is 23.6 Å². The van der Waals surface area contributed by atoms with Crippen molar-refractivity contribution < 1.29 is 18.0 Å². The number of amides is 1. The summed E-state index contributed by atoms with van der Waals surface area (Å²) in [5.41, 5.74) is -1.30. The van der Waals surface area contributed by atoms with Crippen molar-refractivity contribution in [1.82, 2.24) is 19.6 Å². The Morgan fingerprint density at radius 3 is 2.63 bits per heavy atom. The van der Waals surface area contributed by atoms with Gasteiger partial charge in [-0.05, 0) is 39.0 Å². The zero-order valence-corrected chi connectivity index (χ0v) is 18.4. The summed E-state index contributed by atoms with van der Waals surface area (Å²) in [6.45, 7) is 5.45. The minimum absolute atomic E-state index is 0.107. The molecule has 162 valence electrons. The minimum Gasteiger partial charge on any atom is -0.351 e. The second kappa shape index (κ2) is 7.69. The van der Waals surface area contributed by atoms with Crippen LogP contribution in [0.15, 0.2) is 12.3 Å². The van der Waals surface area contributed by atoms with Crippen LogP contribution in [0.25, 0.3) is 10.6 Å². The predicted octanol–water partition coefficient (Wildman–Crippen LogP) is 4.36. The van der Waals surface area contributed by atoms with E-state index in [2.05, 4.69) is 24.9 Å². The number of carbonyl (C=O) groups excluding carboxylic acids is 1. The Hall–Kier alpha value is -1.85. The van der Waals surface area contributed by atoms with Crippen LogP contribution in [-0.2, 0) is 11.7 Å². The summed E-state index contributed by atoms with van der Waals surface area (Å²) in [6.07, 6.45) is -0.00906. The van der Waals surface area contributed by atoms with Crippen LogP contribution >= 0.6 is 23.3 Å². The highest BCUT2D eigenvalue weighted by atomic mass is 32.2. The van der Waals surface area contributed by atoms with Crippen LogP contribution < -0.4 is 10.6 Å². The van der Waals surface area contributed by atoms with Gasteiger partial charge in [0, 0.05) is 30.2 Å². The lowest BCUT2D eigenvalue weighted by Crippen LogP contribution is -2.35. The first kappa shape index (κ1) is 21.4. The number of thiophene rings is 1. The van der Waals surface area contributed by atoms with Crippen molar-refractivity contribution in [2.45, 2.75) is 44.4 Å². The van der Waals surface area contributed by atoms with E-state index in [1.165, 1.54) is 6.07 Å². The monoisotopic (exact) mass is 457 g/mol. The Bertz CT molecular complexity index is 968. The summed E-state index contributed by atoms with van der Waals surface area (Å²) in [4.78, 5) is 21.4. The number of anilines is 1. The van der Waals surface area contributed by atoms with E-state index in [9.17, 15) is 18.0 Å². The molecular formula is C19H22F3N5OS2. The Kier molecular flexibility index (Phi) is 5.48. The maximum absolute atomic E-state index is 13.7. The topological polar surface area (TPSA) is 70.2 Å². The predicted molar refractivity (Wildman–Crippen MR) is 113 cm³/mol. The Balaban J connectivity index is 1.67. The number of nitrogens with zero attached hydrogens (tertiary/aromatic N) is 3. The first-order chi connectivity index (χ1) is 14.1. The lowest BCUT2D eigenvalue weighted by molar-refractivity contribution is -0.137. The largest absolute Gasteiger partial charge is 0.420 e. The van der Waals surface area contributed by atoms with Crippen molar-refractivity contribution >= 4 is 35.1 Å². The molecule has 0 spiro atoms. The molecule has 2 aliphatic heterocycles. The lowest BCUT2D eigenvalue weighted by atomic mass is 10.0. The van der Waals surface area contributed by atoms with Crippen LogP contribution in [0.4, 0.5) is 19.1 Å². The van der Waals surface area contributed by atoms with Gasteiger partial charge in [-0.15, -0.1) is 11.3 Å². The van der Waals surface area contributed by atoms with E-state index in [4.69, 9.17) is 0 Å². The number of halogens is 3. The molecule has 1 saturated heterocycles. The average molecular weight is 458 g/mol. The van der Waals surface area contributed by atoms with E-state index in [1.807, 2.05) is 20.1 Å². The molecule has 2 aliphatic rings. The Morgan fingerprint density at radius 1 is 1.33 bits per heavy atom. The molecule has 1 amide bonds. The SMILES string of the molecule is CSN1CCC(Nc2ncc(C(F)(F)F)c(-c3cc4c(s3)C(C)(C)NC4=O)n2)CC1. The fourth-order valence-corrected chi connectivity index (χ4v) is 5.55. The molecule has 0 radical (unpaired) electrons. The van der Waals surface area contributed by atoms with E-state index >= 15 is 0 Å². The van der Waals surface area contributed by atoms with Crippen molar-refractivity contribution in [3.05, 3.63) is 28.3 Å². The molecular weight excluding hydrogens is 435 g/mol. The minimum atomic E-state index is -4.59. The van der Waals surface area contributed by atoms with Gasteiger partial charge in [0.05, 0.1) is 21.7 Å². The molecule has 0 unspecified atom stereocenters. The van der Waals surface area contributed by atoms with Gasteiger partial charge in [-0.1, -0.05) is 11.9 Å². The number of hydrogen-bond acceptors (Lipinski definition) is 7. The maximum Gasteiger partial charge on any atom is 0.420 e. The summed E-state index contributed by atoms with van der Waals surface area (Å²) in [5.74, 6) is -0.100. The number of carbonyl (C=O) groups is 1. The molecule has 6 nitrogen and oxygen atoms in total.